The van der Waals surface area contributed by atoms with Crippen molar-refractivity contribution >= 4 is 11.3 Å². The minimum Gasteiger partial charge on any atom is -0.473 e. The summed E-state index contributed by atoms with van der Waals surface area (Å²) < 4.78 is 5.04. The van der Waals surface area contributed by atoms with Gasteiger partial charge in [-0.15, -0.1) is 0 Å². The molecule has 0 aromatic carbocycles. The third kappa shape index (κ3) is 1.25. The SMILES string of the molecule is COc1ncc([C@H]2[C@H](N)C2(C)C)s1. The third-order valence-electron chi connectivity index (χ3n) is 2.89. The van der Waals surface area contributed by atoms with Gasteiger partial charge in [0.25, 0.3) is 5.19 Å². The maximum absolute atomic E-state index is 5.97. The Kier molecular flexibility index (Phi) is 1.85. The highest BCUT2D eigenvalue weighted by atomic mass is 32.1. The highest BCUT2D eigenvalue weighted by molar-refractivity contribution is 7.13. The van der Waals surface area contributed by atoms with E-state index in [1.165, 1.54) is 4.88 Å². The molecule has 0 spiro atoms. The van der Waals surface area contributed by atoms with E-state index in [1.54, 1.807) is 18.4 Å². The van der Waals surface area contributed by atoms with Crippen LogP contribution in [-0.2, 0) is 0 Å². The Bertz CT molecular complexity index is 321. The molecule has 0 radical (unpaired) electrons. The highest BCUT2D eigenvalue weighted by Crippen LogP contribution is 2.58. The number of hydrogen-bond donors (Lipinski definition) is 1. The van der Waals surface area contributed by atoms with Gasteiger partial charge < -0.3 is 10.5 Å². The van der Waals surface area contributed by atoms with Crippen molar-refractivity contribution in [2.24, 2.45) is 11.1 Å². The van der Waals surface area contributed by atoms with Crippen molar-refractivity contribution in [3.8, 4) is 5.19 Å². The molecule has 0 saturated heterocycles. The predicted octanol–water partition coefficient (Wildman–Crippen LogP) is 1.60. The molecule has 1 fully saturated rings. The lowest BCUT2D eigenvalue weighted by Gasteiger charge is -1.97. The van der Waals surface area contributed by atoms with Crippen molar-refractivity contribution in [3.05, 3.63) is 11.1 Å². The first kappa shape index (κ1) is 8.97. The molecule has 72 valence electrons. The Morgan fingerprint density at radius 1 is 1.62 bits per heavy atom. The summed E-state index contributed by atoms with van der Waals surface area (Å²) in [6.45, 7) is 4.38. The van der Waals surface area contributed by atoms with E-state index in [0.29, 0.717) is 5.92 Å². The van der Waals surface area contributed by atoms with Crippen molar-refractivity contribution in [1.82, 2.24) is 4.98 Å². The van der Waals surface area contributed by atoms with Gasteiger partial charge in [-0.05, 0) is 5.41 Å². The van der Waals surface area contributed by atoms with Crippen LogP contribution in [0.15, 0.2) is 6.20 Å². The van der Waals surface area contributed by atoms with Crippen LogP contribution in [0.3, 0.4) is 0 Å². The van der Waals surface area contributed by atoms with Crippen molar-refractivity contribution < 1.29 is 4.74 Å². The molecule has 2 N–H and O–H groups in total. The summed E-state index contributed by atoms with van der Waals surface area (Å²) in [6, 6.07) is 0.276. The fraction of sp³-hybridized carbons (Fsp3) is 0.667. The highest BCUT2D eigenvalue weighted by Gasteiger charge is 2.57. The Hall–Kier alpha value is -0.610. The Morgan fingerprint density at radius 3 is 2.62 bits per heavy atom. The third-order valence-corrected chi connectivity index (χ3v) is 3.94. The number of nitrogens with two attached hydrogens (primary N) is 1. The van der Waals surface area contributed by atoms with Gasteiger partial charge in [-0.25, -0.2) is 4.98 Å². The number of hydrogen-bond acceptors (Lipinski definition) is 4. The van der Waals surface area contributed by atoms with Crippen LogP contribution in [0.5, 0.6) is 5.19 Å². The Labute approximate surface area is 81.9 Å². The van der Waals surface area contributed by atoms with Gasteiger partial charge in [0.15, 0.2) is 0 Å². The van der Waals surface area contributed by atoms with Crippen molar-refractivity contribution in [2.75, 3.05) is 7.11 Å². The summed E-state index contributed by atoms with van der Waals surface area (Å²) >= 11 is 1.60. The number of thiazole rings is 1. The zero-order valence-corrected chi connectivity index (χ0v) is 8.89. The molecule has 0 bridgehead atoms. The fourth-order valence-electron chi connectivity index (χ4n) is 1.73. The lowest BCUT2D eigenvalue weighted by Crippen LogP contribution is -2.06. The van der Waals surface area contributed by atoms with Gasteiger partial charge in [0, 0.05) is 23.0 Å². The molecule has 1 aliphatic rings. The molecular weight excluding hydrogens is 184 g/mol. The summed E-state index contributed by atoms with van der Waals surface area (Å²) in [4.78, 5) is 5.38. The molecule has 1 aromatic rings. The van der Waals surface area contributed by atoms with E-state index >= 15 is 0 Å². The van der Waals surface area contributed by atoms with Crippen LogP contribution in [0.4, 0.5) is 0 Å². The summed E-state index contributed by atoms with van der Waals surface area (Å²) in [5.41, 5.74) is 6.20. The van der Waals surface area contributed by atoms with E-state index in [9.17, 15) is 0 Å². The maximum atomic E-state index is 5.97. The largest absolute Gasteiger partial charge is 0.473 e. The van der Waals surface area contributed by atoms with Gasteiger partial charge in [0.05, 0.1) is 7.11 Å². The van der Waals surface area contributed by atoms with E-state index in [4.69, 9.17) is 10.5 Å². The number of methoxy groups -OCH3 is 1. The Balaban J connectivity index is 2.19. The smallest absolute Gasteiger partial charge is 0.273 e. The Morgan fingerprint density at radius 2 is 2.23 bits per heavy atom. The minimum atomic E-state index is 0.234. The summed E-state index contributed by atoms with van der Waals surface area (Å²) in [5.74, 6) is 0.467. The van der Waals surface area contributed by atoms with Gasteiger partial charge >= 0.3 is 0 Å². The fourth-order valence-corrected chi connectivity index (χ4v) is 2.80. The topological polar surface area (TPSA) is 48.1 Å². The number of aromatic nitrogens is 1. The van der Waals surface area contributed by atoms with Crippen LogP contribution in [0, 0.1) is 5.41 Å². The van der Waals surface area contributed by atoms with Crippen LogP contribution < -0.4 is 10.5 Å². The molecule has 2 rings (SSSR count). The number of rotatable bonds is 2. The number of ether oxygens (including phenoxy) is 1. The molecule has 4 heteroatoms. The van der Waals surface area contributed by atoms with E-state index in [-0.39, 0.29) is 11.5 Å². The monoisotopic (exact) mass is 198 g/mol. The molecule has 1 heterocycles. The van der Waals surface area contributed by atoms with Crippen molar-refractivity contribution in [3.63, 3.8) is 0 Å². The predicted molar refractivity (Wildman–Crippen MR) is 53.2 cm³/mol. The molecule has 0 unspecified atom stereocenters. The average molecular weight is 198 g/mol. The number of nitrogens with zero attached hydrogens (tertiary/aromatic N) is 1. The zero-order valence-electron chi connectivity index (χ0n) is 8.07. The average Bonchev–Trinajstić information content (AvgIpc) is 2.55. The summed E-state index contributed by atoms with van der Waals surface area (Å²) in [5, 5.41) is 0.727. The van der Waals surface area contributed by atoms with Crippen LogP contribution in [-0.4, -0.2) is 18.1 Å². The molecule has 0 amide bonds. The molecule has 1 aromatic heterocycles. The molecule has 3 nitrogen and oxygen atoms in total. The van der Waals surface area contributed by atoms with E-state index in [1.807, 2.05) is 6.20 Å². The summed E-state index contributed by atoms with van der Waals surface area (Å²) in [6.07, 6.45) is 1.88. The summed E-state index contributed by atoms with van der Waals surface area (Å²) in [7, 11) is 1.64. The van der Waals surface area contributed by atoms with Gasteiger partial charge in [-0.2, -0.15) is 0 Å². The zero-order chi connectivity index (χ0) is 9.64. The van der Waals surface area contributed by atoms with E-state index < -0.39 is 0 Å². The van der Waals surface area contributed by atoms with Gasteiger partial charge in [0.1, 0.15) is 0 Å². The second-order valence-electron chi connectivity index (χ2n) is 4.06. The van der Waals surface area contributed by atoms with E-state index in [0.717, 1.165) is 5.19 Å². The quantitative estimate of drug-likeness (QED) is 0.785. The standard InChI is InChI=1S/C9H14N2OS/c1-9(2)6(7(9)10)5-4-11-8(12-3)13-5/h4,6-7H,10H2,1-3H3/t6-,7-/m0/s1. The minimum absolute atomic E-state index is 0.234. The van der Waals surface area contributed by atoms with Gasteiger partial charge in [-0.1, -0.05) is 25.2 Å². The molecule has 0 aliphatic heterocycles. The lowest BCUT2D eigenvalue weighted by molar-refractivity contribution is 0.412. The molecule has 2 atom stereocenters. The van der Waals surface area contributed by atoms with Crippen molar-refractivity contribution in [1.29, 1.82) is 0 Å². The van der Waals surface area contributed by atoms with Gasteiger partial charge in [0.2, 0.25) is 0 Å². The lowest BCUT2D eigenvalue weighted by atomic mass is 10.1. The maximum Gasteiger partial charge on any atom is 0.273 e. The first-order valence-electron chi connectivity index (χ1n) is 4.32. The first-order chi connectivity index (χ1) is 6.07. The molecular formula is C9H14N2OS. The van der Waals surface area contributed by atoms with Crippen LogP contribution in [0.1, 0.15) is 24.6 Å². The second kappa shape index (κ2) is 2.69. The normalized spacial score (nSPS) is 30.2. The second-order valence-corrected chi connectivity index (χ2v) is 5.08. The molecule has 1 saturated carbocycles. The van der Waals surface area contributed by atoms with E-state index in [2.05, 4.69) is 18.8 Å². The van der Waals surface area contributed by atoms with Crippen LogP contribution in [0.25, 0.3) is 0 Å². The molecule has 13 heavy (non-hydrogen) atoms. The van der Waals surface area contributed by atoms with Crippen LogP contribution >= 0.6 is 11.3 Å². The van der Waals surface area contributed by atoms with Crippen molar-refractivity contribution in [2.45, 2.75) is 25.8 Å². The van der Waals surface area contributed by atoms with Gasteiger partial charge in [-0.3, -0.25) is 0 Å². The first-order valence-corrected chi connectivity index (χ1v) is 5.14. The van der Waals surface area contributed by atoms with Crippen LogP contribution in [0.2, 0.25) is 0 Å². The molecule has 1 aliphatic carbocycles.